The van der Waals surface area contributed by atoms with Crippen LogP contribution in [-0.2, 0) is 6.42 Å². The van der Waals surface area contributed by atoms with Crippen LogP contribution in [0.3, 0.4) is 0 Å². The second kappa shape index (κ2) is 6.61. The standard InChI is InChI=1S/C15H17BrO3S/c1-9-6-11(16)15(20-9)12(17)7-10-4-5-13(18-2)14(8-10)19-3/h4-6,8,12,17H,7H2,1-3H3. The molecule has 0 saturated carbocycles. The highest BCUT2D eigenvalue weighted by Gasteiger charge is 2.16. The second-order valence-corrected chi connectivity index (χ2v) is 6.62. The fourth-order valence-corrected chi connectivity index (χ4v) is 3.95. The van der Waals surface area contributed by atoms with Gasteiger partial charge < -0.3 is 14.6 Å². The molecule has 1 heterocycles. The molecule has 0 aliphatic heterocycles. The van der Waals surface area contributed by atoms with Crippen molar-refractivity contribution in [3.05, 3.63) is 44.1 Å². The van der Waals surface area contributed by atoms with Crippen LogP contribution in [-0.4, -0.2) is 19.3 Å². The summed E-state index contributed by atoms with van der Waals surface area (Å²) in [6, 6.07) is 7.72. The summed E-state index contributed by atoms with van der Waals surface area (Å²) >= 11 is 5.09. The van der Waals surface area contributed by atoms with E-state index in [0.717, 1.165) is 14.9 Å². The van der Waals surface area contributed by atoms with E-state index in [1.54, 1.807) is 25.6 Å². The summed E-state index contributed by atoms with van der Waals surface area (Å²) in [6.07, 6.45) is 0.0139. The summed E-state index contributed by atoms with van der Waals surface area (Å²) in [4.78, 5) is 2.13. The molecule has 20 heavy (non-hydrogen) atoms. The third-order valence-corrected chi connectivity index (χ3v) is 5.09. The Morgan fingerprint density at radius 1 is 1.20 bits per heavy atom. The minimum absolute atomic E-state index is 0.527. The van der Waals surface area contributed by atoms with Crippen LogP contribution in [0.5, 0.6) is 11.5 Å². The lowest BCUT2D eigenvalue weighted by Gasteiger charge is -2.12. The van der Waals surface area contributed by atoms with Gasteiger partial charge in [0.1, 0.15) is 0 Å². The van der Waals surface area contributed by atoms with Crippen molar-refractivity contribution in [3.8, 4) is 11.5 Å². The molecule has 1 N–H and O–H groups in total. The molecule has 0 fully saturated rings. The van der Waals surface area contributed by atoms with Crippen LogP contribution >= 0.6 is 27.3 Å². The number of aliphatic hydroxyl groups is 1. The third-order valence-electron chi connectivity index (χ3n) is 3.02. The molecule has 108 valence electrons. The Bertz CT molecular complexity index is 595. The van der Waals surface area contributed by atoms with E-state index in [4.69, 9.17) is 9.47 Å². The number of thiophene rings is 1. The lowest BCUT2D eigenvalue weighted by molar-refractivity contribution is 0.181. The van der Waals surface area contributed by atoms with E-state index in [2.05, 4.69) is 15.9 Å². The molecule has 1 aromatic carbocycles. The first-order chi connectivity index (χ1) is 9.55. The van der Waals surface area contributed by atoms with E-state index in [1.165, 1.54) is 4.88 Å². The molecule has 0 aliphatic rings. The Labute approximate surface area is 131 Å². The van der Waals surface area contributed by atoms with Gasteiger partial charge in [-0.2, -0.15) is 0 Å². The van der Waals surface area contributed by atoms with Gasteiger partial charge in [-0.25, -0.2) is 0 Å². The highest BCUT2D eigenvalue weighted by atomic mass is 79.9. The van der Waals surface area contributed by atoms with Crippen LogP contribution in [0.4, 0.5) is 0 Å². The van der Waals surface area contributed by atoms with E-state index in [9.17, 15) is 5.11 Å². The highest BCUT2D eigenvalue weighted by Crippen LogP contribution is 2.35. The number of methoxy groups -OCH3 is 2. The molecule has 0 radical (unpaired) electrons. The number of halogens is 1. The van der Waals surface area contributed by atoms with Gasteiger partial charge in [0.15, 0.2) is 11.5 Å². The van der Waals surface area contributed by atoms with Crippen molar-refractivity contribution >= 4 is 27.3 Å². The van der Waals surface area contributed by atoms with Crippen molar-refractivity contribution in [2.75, 3.05) is 14.2 Å². The number of aryl methyl sites for hydroxylation is 1. The monoisotopic (exact) mass is 356 g/mol. The van der Waals surface area contributed by atoms with E-state index in [0.29, 0.717) is 17.9 Å². The van der Waals surface area contributed by atoms with Gasteiger partial charge in [-0.1, -0.05) is 6.07 Å². The molecule has 1 atom stereocenters. The SMILES string of the molecule is COc1ccc(CC(O)c2sc(C)cc2Br)cc1OC. The van der Waals surface area contributed by atoms with Gasteiger partial charge >= 0.3 is 0 Å². The van der Waals surface area contributed by atoms with Gasteiger partial charge in [0, 0.05) is 20.6 Å². The number of hydrogen-bond acceptors (Lipinski definition) is 4. The molecule has 0 saturated heterocycles. The maximum atomic E-state index is 10.4. The number of hydrogen-bond donors (Lipinski definition) is 1. The Hall–Kier alpha value is -1.04. The van der Waals surface area contributed by atoms with Crippen LogP contribution in [0.25, 0.3) is 0 Å². The molecule has 0 aliphatic carbocycles. The smallest absolute Gasteiger partial charge is 0.160 e. The molecule has 0 spiro atoms. The summed E-state index contributed by atoms with van der Waals surface area (Å²) in [5.74, 6) is 1.37. The predicted octanol–water partition coefficient (Wildman–Crippen LogP) is 4.11. The zero-order valence-electron chi connectivity index (χ0n) is 11.6. The summed E-state index contributed by atoms with van der Waals surface area (Å²) in [5.41, 5.74) is 1.01. The van der Waals surface area contributed by atoms with Gasteiger partial charge in [0.25, 0.3) is 0 Å². The lowest BCUT2D eigenvalue weighted by atomic mass is 10.1. The average Bonchev–Trinajstić information content (AvgIpc) is 2.77. The van der Waals surface area contributed by atoms with E-state index in [1.807, 2.05) is 31.2 Å². The summed E-state index contributed by atoms with van der Waals surface area (Å²) in [6.45, 7) is 2.03. The van der Waals surface area contributed by atoms with E-state index < -0.39 is 6.10 Å². The zero-order valence-corrected chi connectivity index (χ0v) is 14.0. The number of aliphatic hydroxyl groups excluding tert-OH is 1. The fraction of sp³-hybridized carbons (Fsp3) is 0.333. The summed E-state index contributed by atoms with van der Waals surface area (Å²) < 4.78 is 11.5. The predicted molar refractivity (Wildman–Crippen MR) is 85.0 cm³/mol. The normalized spacial score (nSPS) is 12.2. The van der Waals surface area contributed by atoms with Crippen molar-refractivity contribution < 1.29 is 14.6 Å². The first-order valence-electron chi connectivity index (χ1n) is 6.20. The summed E-state index contributed by atoms with van der Waals surface area (Å²) in [5, 5.41) is 10.4. The molecule has 2 aromatic rings. The van der Waals surface area contributed by atoms with Crippen LogP contribution < -0.4 is 9.47 Å². The van der Waals surface area contributed by atoms with Crippen molar-refractivity contribution in [1.82, 2.24) is 0 Å². The Balaban J connectivity index is 2.19. The average molecular weight is 357 g/mol. The van der Waals surface area contributed by atoms with Crippen molar-refractivity contribution in [3.63, 3.8) is 0 Å². The molecule has 2 rings (SSSR count). The van der Waals surface area contributed by atoms with Crippen LogP contribution in [0.1, 0.15) is 21.4 Å². The molecule has 1 unspecified atom stereocenters. The van der Waals surface area contributed by atoms with E-state index in [-0.39, 0.29) is 0 Å². The van der Waals surface area contributed by atoms with Gasteiger partial charge in [0.2, 0.25) is 0 Å². The minimum Gasteiger partial charge on any atom is -0.493 e. The Morgan fingerprint density at radius 2 is 1.90 bits per heavy atom. The van der Waals surface area contributed by atoms with Crippen LogP contribution in [0.2, 0.25) is 0 Å². The molecular formula is C15H17BrO3S. The van der Waals surface area contributed by atoms with Gasteiger partial charge in [0.05, 0.1) is 20.3 Å². The molecule has 0 bridgehead atoms. The van der Waals surface area contributed by atoms with Crippen molar-refractivity contribution in [1.29, 1.82) is 0 Å². The number of ether oxygens (including phenoxy) is 2. The topological polar surface area (TPSA) is 38.7 Å². The number of benzene rings is 1. The van der Waals surface area contributed by atoms with E-state index >= 15 is 0 Å². The lowest BCUT2D eigenvalue weighted by Crippen LogP contribution is -2.01. The Kier molecular flexibility index (Phi) is 5.07. The minimum atomic E-state index is -0.527. The van der Waals surface area contributed by atoms with Crippen LogP contribution in [0, 0.1) is 6.92 Å². The first kappa shape index (κ1) is 15.4. The second-order valence-electron chi connectivity index (χ2n) is 4.48. The largest absolute Gasteiger partial charge is 0.493 e. The van der Waals surface area contributed by atoms with Gasteiger partial charge in [-0.15, -0.1) is 11.3 Å². The first-order valence-corrected chi connectivity index (χ1v) is 7.81. The highest BCUT2D eigenvalue weighted by molar-refractivity contribution is 9.10. The third kappa shape index (κ3) is 3.34. The molecule has 1 aromatic heterocycles. The van der Waals surface area contributed by atoms with Crippen LogP contribution in [0.15, 0.2) is 28.7 Å². The maximum absolute atomic E-state index is 10.4. The quantitative estimate of drug-likeness (QED) is 0.875. The van der Waals surface area contributed by atoms with Gasteiger partial charge in [-0.3, -0.25) is 0 Å². The number of rotatable bonds is 5. The molecule has 0 amide bonds. The van der Waals surface area contributed by atoms with Crippen molar-refractivity contribution in [2.24, 2.45) is 0 Å². The maximum Gasteiger partial charge on any atom is 0.160 e. The zero-order chi connectivity index (χ0) is 14.7. The Morgan fingerprint density at radius 3 is 2.45 bits per heavy atom. The molecule has 3 nitrogen and oxygen atoms in total. The molecular weight excluding hydrogens is 340 g/mol. The van der Waals surface area contributed by atoms with Gasteiger partial charge in [-0.05, 0) is 46.6 Å². The fourth-order valence-electron chi connectivity index (χ4n) is 2.05. The summed E-state index contributed by atoms with van der Waals surface area (Å²) in [7, 11) is 3.22. The molecule has 5 heteroatoms. The van der Waals surface area contributed by atoms with Crippen molar-refractivity contribution in [2.45, 2.75) is 19.4 Å².